The smallest absolute Gasteiger partial charge is 0.380 e. The van der Waals surface area contributed by atoms with E-state index in [1.54, 1.807) is 6.92 Å². The van der Waals surface area contributed by atoms with Gasteiger partial charge in [-0.25, -0.2) is 9.78 Å². The zero-order chi connectivity index (χ0) is 16.7. The minimum Gasteiger partial charge on any atom is -0.460 e. The number of ether oxygens (including phenoxy) is 1. The van der Waals surface area contributed by atoms with Crippen LogP contribution in [0.2, 0.25) is 0 Å². The Bertz CT molecular complexity index is 764. The van der Waals surface area contributed by atoms with Gasteiger partial charge < -0.3 is 9.64 Å². The van der Waals surface area contributed by atoms with Crippen LogP contribution in [-0.4, -0.2) is 50.9 Å². The summed E-state index contributed by atoms with van der Waals surface area (Å²) in [5, 5.41) is 11.7. The van der Waals surface area contributed by atoms with Crippen LogP contribution in [0.15, 0.2) is 12.1 Å². The minimum absolute atomic E-state index is 0.0182. The van der Waals surface area contributed by atoms with Crippen LogP contribution in [-0.2, 0) is 11.3 Å². The standard InChI is InChI=1S/C16H20N6O2/c1-3-24-16(23)15-18-20-22(19-15)9-11-4-5-14(17-10(11)2)21-7-12-6-13(12)8-21/h4-5,12-13H,3,6-9H2,1-2H3. The molecule has 2 atom stereocenters. The van der Waals surface area contributed by atoms with Gasteiger partial charge >= 0.3 is 5.97 Å². The molecule has 1 aliphatic heterocycles. The van der Waals surface area contributed by atoms with E-state index in [2.05, 4.69) is 32.4 Å². The quantitative estimate of drug-likeness (QED) is 0.758. The number of hydrogen-bond acceptors (Lipinski definition) is 7. The second-order valence-electron chi connectivity index (χ2n) is 6.44. The van der Waals surface area contributed by atoms with Gasteiger partial charge in [-0.15, -0.1) is 10.2 Å². The number of esters is 1. The molecule has 1 saturated heterocycles. The number of piperidine rings is 1. The highest BCUT2D eigenvalue weighted by Crippen LogP contribution is 2.45. The molecule has 1 saturated carbocycles. The van der Waals surface area contributed by atoms with Crippen molar-refractivity contribution in [2.24, 2.45) is 11.8 Å². The molecule has 0 spiro atoms. The van der Waals surface area contributed by atoms with Crippen LogP contribution < -0.4 is 4.90 Å². The van der Waals surface area contributed by atoms with Crippen LogP contribution in [0.25, 0.3) is 0 Å². The highest BCUT2D eigenvalue weighted by Gasteiger charge is 2.45. The second kappa shape index (κ2) is 5.85. The van der Waals surface area contributed by atoms with E-state index in [4.69, 9.17) is 9.72 Å². The molecular weight excluding hydrogens is 308 g/mol. The first-order chi connectivity index (χ1) is 11.6. The monoisotopic (exact) mass is 328 g/mol. The van der Waals surface area contributed by atoms with Crippen molar-refractivity contribution in [1.29, 1.82) is 0 Å². The summed E-state index contributed by atoms with van der Waals surface area (Å²) < 4.78 is 4.86. The molecule has 8 heteroatoms. The Morgan fingerprint density at radius 1 is 1.33 bits per heavy atom. The molecule has 126 valence electrons. The lowest BCUT2D eigenvalue weighted by molar-refractivity contribution is 0.0511. The summed E-state index contributed by atoms with van der Waals surface area (Å²) in [5.74, 6) is 2.24. The summed E-state index contributed by atoms with van der Waals surface area (Å²) in [6.45, 7) is 6.70. The van der Waals surface area contributed by atoms with Gasteiger partial charge in [-0.1, -0.05) is 6.07 Å². The van der Waals surface area contributed by atoms with Crippen molar-refractivity contribution >= 4 is 11.8 Å². The van der Waals surface area contributed by atoms with Crippen LogP contribution in [0.1, 0.15) is 35.2 Å². The summed E-state index contributed by atoms with van der Waals surface area (Å²) in [6, 6.07) is 4.10. The summed E-state index contributed by atoms with van der Waals surface area (Å²) in [4.78, 5) is 20.1. The lowest BCUT2D eigenvalue weighted by Gasteiger charge is -2.20. The minimum atomic E-state index is -0.554. The fourth-order valence-corrected chi connectivity index (χ4v) is 3.25. The van der Waals surface area contributed by atoms with Crippen LogP contribution in [0.5, 0.6) is 0 Å². The van der Waals surface area contributed by atoms with Crippen LogP contribution in [0, 0.1) is 18.8 Å². The normalized spacial score (nSPS) is 21.7. The van der Waals surface area contributed by atoms with Crippen molar-refractivity contribution in [2.75, 3.05) is 24.6 Å². The number of rotatable bonds is 5. The molecule has 0 amide bonds. The van der Waals surface area contributed by atoms with Gasteiger partial charge in [0.2, 0.25) is 0 Å². The largest absolute Gasteiger partial charge is 0.460 e. The van der Waals surface area contributed by atoms with E-state index >= 15 is 0 Å². The van der Waals surface area contributed by atoms with Gasteiger partial charge in [-0.3, -0.25) is 0 Å². The molecule has 2 fully saturated rings. The van der Waals surface area contributed by atoms with Gasteiger partial charge in [0.15, 0.2) is 0 Å². The van der Waals surface area contributed by atoms with Gasteiger partial charge in [-0.2, -0.15) is 4.80 Å². The van der Waals surface area contributed by atoms with E-state index in [1.165, 1.54) is 11.2 Å². The van der Waals surface area contributed by atoms with E-state index < -0.39 is 5.97 Å². The summed E-state index contributed by atoms with van der Waals surface area (Å²) in [6.07, 6.45) is 1.38. The lowest BCUT2D eigenvalue weighted by Crippen LogP contribution is -2.23. The number of hydrogen-bond donors (Lipinski definition) is 0. The summed E-state index contributed by atoms with van der Waals surface area (Å²) in [5.41, 5.74) is 1.96. The zero-order valence-electron chi connectivity index (χ0n) is 13.8. The van der Waals surface area contributed by atoms with Gasteiger partial charge in [0, 0.05) is 18.8 Å². The maximum Gasteiger partial charge on any atom is 0.380 e. The average molecular weight is 328 g/mol. The molecule has 3 heterocycles. The number of fused-ring (bicyclic) bond motifs is 1. The molecule has 1 aliphatic carbocycles. The highest BCUT2D eigenvalue weighted by molar-refractivity contribution is 5.84. The first kappa shape index (κ1) is 15.0. The van der Waals surface area contributed by atoms with Crippen molar-refractivity contribution in [3.05, 3.63) is 29.2 Å². The number of carbonyl (C=O) groups is 1. The fraction of sp³-hybridized carbons (Fsp3) is 0.562. The Morgan fingerprint density at radius 3 is 2.83 bits per heavy atom. The Labute approximate surface area is 139 Å². The van der Waals surface area contributed by atoms with E-state index in [9.17, 15) is 4.79 Å². The van der Waals surface area contributed by atoms with Crippen molar-refractivity contribution in [3.8, 4) is 0 Å². The van der Waals surface area contributed by atoms with E-state index in [0.717, 1.165) is 42.0 Å². The molecule has 4 rings (SSSR count). The maximum absolute atomic E-state index is 11.6. The lowest BCUT2D eigenvalue weighted by atomic mass is 10.2. The van der Waals surface area contributed by atoms with Crippen molar-refractivity contribution in [1.82, 2.24) is 25.2 Å². The average Bonchev–Trinajstić information content (AvgIpc) is 2.98. The third kappa shape index (κ3) is 2.83. The van der Waals surface area contributed by atoms with E-state index in [1.807, 2.05) is 6.92 Å². The number of tetrazole rings is 1. The number of anilines is 1. The van der Waals surface area contributed by atoms with Gasteiger partial charge in [-0.05, 0) is 48.9 Å². The summed E-state index contributed by atoms with van der Waals surface area (Å²) in [7, 11) is 0. The Morgan fingerprint density at radius 2 is 2.12 bits per heavy atom. The SMILES string of the molecule is CCOC(=O)c1nnn(Cc2ccc(N3CC4CC4C3)nc2C)n1. The molecule has 0 bridgehead atoms. The predicted octanol–water partition coefficient (Wildman–Crippen LogP) is 1.06. The number of aryl methyl sites for hydroxylation is 1. The molecule has 2 aliphatic rings. The number of pyridine rings is 1. The molecular formula is C16H20N6O2. The molecule has 24 heavy (non-hydrogen) atoms. The highest BCUT2D eigenvalue weighted by atomic mass is 16.5. The van der Waals surface area contributed by atoms with Gasteiger partial charge in [0.1, 0.15) is 5.82 Å². The summed E-state index contributed by atoms with van der Waals surface area (Å²) >= 11 is 0. The van der Waals surface area contributed by atoms with Gasteiger partial charge in [0.05, 0.1) is 13.2 Å². The molecule has 0 aromatic carbocycles. The van der Waals surface area contributed by atoms with E-state index in [-0.39, 0.29) is 12.4 Å². The topological polar surface area (TPSA) is 86.0 Å². The van der Waals surface area contributed by atoms with Crippen molar-refractivity contribution in [3.63, 3.8) is 0 Å². The van der Waals surface area contributed by atoms with Crippen LogP contribution in [0.3, 0.4) is 0 Å². The number of aromatic nitrogens is 5. The zero-order valence-corrected chi connectivity index (χ0v) is 13.8. The first-order valence-corrected chi connectivity index (χ1v) is 8.30. The third-order valence-electron chi connectivity index (χ3n) is 4.71. The molecule has 2 aromatic rings. The first-order valence-electron chi connectivity index (χ1n) is 8.30. The molecule has 0 N–H and O–H groups in total. The predicted molar refractivity (Wildman–Crippen MR) is 85.7 cm³/mol. The fourth-order valence-electron chi connectivity index (χ4n) is 3.25. The maximum atomic E-state index is 11.6. The molecule has 2 aromatic heterocycles. The molecule has 2 unspecified atom stereocenters. The van der Waals surface area contributed by atoms with Crippen molar-refractivity contribution < 1.29 is 9.53 Å². The Kier molecular flexibility index (Phi) is 3.66. The van der Waals surface area contributed by atoms with E-state index in [0.29, 0.717) is 6.54 Å². The molecule has 8 nitrogen and oxygen atoms in total. The Balaban J connectivity index is 1.45. The van der Waals surface area contributed by atoms with Crippen molar-refractivity contribution in [2.45, 2.75) is 26.8 Å². The van der Waals surface area contributed by atoms with Crippen LogP contribution in [0.4, 0.5) is 5.82 Å². The third-order valence-corrected chi connectivity index (χ3v) is 4.71. The second-order valence-corrected chi connectivity index (χ2v) is 6.44. The number of nitrogens with zero attached hydrogens (tertiary/aromatic N) is 6. The van der Waals surface area contributed by atoms with Crippen LogP contribution >= 0.6 is 0 Å². The molecule has 0 radical (unpaired) electrons. The Hall–Kier alpha value is -2.51. The number of carbonyl (C=O) groups excluding carboxylic acids is 1. The van der Waals surface area contributed by atoms with Gasteiger partial charge in [0.25, 0.3) is 5.82 Å².